The van der Waals surface area contributed by atoms with Crippen LogP contribution in [0.4, 0.5) is 0 Å². The molecular weight excluding hydrogens is 418 g/mol. The molecular formula is C22H25N3O3S2. The van der Waals surface area contributed by atoms with Gasteiger partial charge in [0.15, 0.2) is 0 Å². The molecule has 2 heterocycles. The summed E-state index contributed by atoms with van der Waals surface area (Å²) in [6.45, 7) is 4.47. The van der Waals surface area contributed by atoms with Crippen LogP contribution >= 0.6 is 11.3 Å². The van der Waals surface area contributed by atoms with Gasteiger partial charge in [-0.2, -0.15) is 0 Å². The fourth-order valence-electron chi connectivity index (χ4n) is 3.97. The largest absolute Gasteiger partial charge is 0.333 e. The number of likely N-dealkylation sites (tertiary alicyclic amines) is 1. The monoisotopic (exact) mass is 443 g/mol. The van der Waals surface area contributed by atoms with Gasteiger partial charge in [-0.25, -0.2) is 18.1 Å². The standard InChI is InChI=1S/C22H25N3O3S2/c1-15-9-10-20(16(2)14-15)30(27,28)23-12-11-21(26)25-13-5-7-18(25)22-24-17-6-3-4-8-19(17)29-22/h3-4,6,8-10,14,18,23H,5,7,11-13H2,1-2H3. The Bertz CT molecular complexity index is 1150. The van der Waals surface area contributed by atoms with Gasteiger partial charge in [-0.05, 0) is 50.5 Å². The summed E-state index contributed by atoms with van der Waals surface area (Å²) < 4.78 is 28.9. The van der Waals surface area contributed by atoms with Gasteiger partial charge >= 0.3 is 0 Å². The predicted octanol–water partition coefficient (Wildman–Crippen LogP) is 3.95. The molecule has 0 saturated carbocycles. The molecule has 1 saturated heterocycles. The molecule has 1 aromatic heterocycles. The molecule has 0 radical (unpaired) electrons. The number of aromatic nitrogens is 1. The predicted molar refractivity (Wildman–Crippen MR) is 119 cm³/mol. The number of nitrogens with zero attached hydrogens (tertiary/aromatic N) is 2. The number of aryl methyl sites for hydroxylation is 2. The van der Waals surface area contributed by atoms with E-state index in [1.165, 1.54) is 0 Å². The van der Waals surface area contributed by atoms with Gasteiger partial charge in [-0.1, -0.05) is 29.8 Å². The van der Waals surface area contributed by atoms with Crippen molar-refractivity contribution in [1.29, 1.82) is 0 Å². The summed E-state index contributed by atoms with van der Waals surface area (Å²) in [5.41, 5.74) is 2.67. The molecule has 30 heavy (non-hydrogen) atoms. The summed E-state index contributed by atoms with van der Waals surface area (Å²) >= 11 is 1.63. The number of para-hydroxylation sites is 1. The first-order valence-electron chi connectivity index (χ1n) is 10.1. The maximum Gasteiger partial charge on any atom is 0.240 e. The van der Waals surface area contributed by atoms with E-state index in [-0.39, 0.29) is 29.8 Å². The summed E-state index contributed by atoms with van der Waals surface area (Å²) in [5, 5.41) is 0.956. The highest BCUT2D eigenvalue weighted by molar-refractivity contribution is 7.89. The second-order valence-corrected chi connectivity index (χ2v) is 10.5. The van der Waals surface area contributed by atoms with Crippen molar-refractivity contribution in [2.24, 2.45) is 0 Å². The average molecular weight is 444 g/mol. The van der Waals surface area contributed by atoms with Gasteiger partial charge < -0.3 is 4.90 Å². The number of nitrogens with one attached hydrogen (secondary N) is 1. The zero-order chi connectivity index (χ0) is 21.3. The second-order valence-electron chi connectivity index (χ2n) is 7.68. The highest BCUT2D eigenvalue weighted by atomic mass is 32.2. The van der Waals surface area contributed by atoms with Gasteiger partial charge in [0.05, 0.1) is 21.2 Å². The van der Waals surface area contributed by atoms with E-state index in [0.29, 0.717) is 12.1 Å². The fraction of sp³-hybridized carbons (Fsp3) is 0.364. The lowest BCUT2D eigenvalue weighted by atomic mass is 10.2. The third kappa shape index (κ3) is 4.26. The minimum Gasteiger partial charge on any atom is -0.333 e. The summed E-state index contributed by atoms with van der Waals surface area (Å²) in [4.78, 5) is 19.7. The summed E-state index contributed by atoms with van der Waals surface area (Å²) in [7, 11) is -3.64. The minimum absolute atomic E-state index is 0.0224. The lowest BCUT2D eigenvalue weighted by Gasteiger charge is -2.23. The van der Waals surface area contributed by atoms with Crippen molar-refractivity contribution in [3.05, 3.63) is 58.6 Å². The highest BCUT2D eigenvalue weighted by Crippen LogP contribution is 2.36. The number of rotatable bonds is 6. The molecule has 1 aliphatic rings. The SMILES string of the molecule is Cc1ccc(S(=O)(=O)NCCC(=O)N2CCCC2c2nc3ccccc3s2)c(C)c1. The van der Waals surface area contributed by atoms with Crippen LogP contribution in [0.15, 0.2) is 47.4 Å². The number of carbonyl (C=O) groups is 1. The number of thiazole rings is 1. The molecule has 0 aliphatic carbocycles. The van der Waals surface area contributed by atoms with Crippen molar-refractivity contribution >= 4 is 37.5 Å². The Labute approximate surface area is 181 Å². The Morgan fingerprint density at radius 3 is 2.80 bits per heavy atom. The Balaban J connectivity index is 1.40. The van der Waals surface area contributed by atoms with Gasteiger partial charge in [0.25, 0.3) is 0 Å². The number of sulfonamides is 1. The Morgan fingerprint density at radius 2 is 2.03 bits per heavy atom. The average Bonchev–Trinajstić information content (AvgIpc) is 3.34. The van der Waals surface area contributed by atoms with E-state index in [1.807, 2.05) is 42.2 Å². The maximum absolute atomic E-state index is 12.8. The van der Waals surface area contributed by atoms with Crippen LogP contribution in [0.25, 0.3) is 10.2 Å². The van der Waals surface area contributed by atoms with Crippen molar-refractivity contribution in [2.75, 3.05) is 13.1 Å². The molecule has 1 fully saturated rings. The van der Waals surface area contributed by atoms with Gasteiger partial charge in [-0.3, -0.25) is 4.79 Å². The molecule has 0 bridgehead atoms. The molecule has 8 heteroatoms. The fourth-order valence-corrected chi connectivity index (χ4v) is 6.34. The molecule has 6 nitrogen and oxygen atoms in total. The Morgan fingerprint density at radius 1 is 1.23 bits per heavy atom. The first-order chi connectivity index (χ1) is 14.3. The van der Waals surface area contributed by atoms with Gasteiger partial charge in [-0.15, -0.1) is 11.3 Å². The molecule has 0 spiro atoms. The van der Waals surface area contributed by atoms with Crippen LogP contribution < -0.4 is 4.72 Å². The number of carbonyl (C=O) groups excluding carboxylic acids is 1. The van der Waals surface area contributed by atoms with E-state index in [4.69, 9.17) is 4.98 Å². The van der Waals surface area contributed by atoms with Gasteiger partial charge in [0.2, 0.25) is 15.9 Å². The van der Waals surface area contributed by atoms with Crippen LogP contribution in [0.1, 0.15) is 41.4 Å². The number of benzene rings is 2. The molecule has 4 rings (SSSR count). The molecule has 3 aromatic rings. The molecule has 1 unspecified atom stereocenters. The Kier molecular flexibility index (Phi) is 5.90. The third-order valence-corrected chi connectivity index (χ3v) is 8.18. The smallest absolute Gasteiger partial charge is 0.240 e. The quantitative estimate of drug-likeness (QED) is 0.626. The highest BCUT2D eigenvalue weighted by Gasteiger charge is 2.32. The number of amides is 1. The molecule has 158 valence electrons. The van der Waals surface area contributed by atoms with Crippen LogP contribution in [0, 0.1) is 13.8 Å². The first kappa shape index (κ1) is 21.0. The summed E-state index contributed by atoms with van der Waals surface area (Å²) in [5.74, 6) is -0.0416. The summed E-state index contributed by atoms with van der Waals surface area (Å²) in [6, 6.07) is 13.2. The molecule has 2 aromatic carbocycles. The van der Waals surface area contributed by atoms with Crippen LogP contribution in [-0.4, -0.2) is 37.3 Å². The third-order valence-electron chi connectivity index (χ3n) is 5.42. The summed E-state index contributed by atoms with van der Waals surface area (Å²) in [6.07, 6.45) is 1.95. The number of hydrogen-bond donors (Lipinski definition) is 1. The van der Waals surface area contributed by atoms with Gasteiger partial charge in [0, 0.05) is 19.5 Å². The maximum atomic E-state index is 12.8. The van der Waals surface area contributed by atoms with E-state index in [1.54, 1.807) is 30.4 Å². The van der Waals surface area contributed by atoms with Crippen molar-refractivity contribution in [3.8, 4) is 0 Å². The van der Waals surface area contributed by atoms with E-state index in [9.17, 15) is 13.2 Å². The van der Waals surface area contributed by atoms with E-state index < -0.39 is 10.0 Å². The van der Waals surface area contributed by atoms with Crippen molar-refractivity contribution in [1.82, 2.24) is 14.6 Å². The van der Waals surface area contributed by atoms with E-state index in [0.717, 1.165) is 33.6 Å². The zero-order valence-corrected chi connectivity index (χ0v) is 18.7. The van der Waals surface area contributed by atoms with Crippen LogP contribution in [-0.2, 0) is 14.8 Å². The second kappa shape index (κ2) is 8.45. The topological polar surface area (TPSA) is 79.4 Å². The number of hydrogen-bond acceptors (Lipinski definition) is 5. The van der Waals surface area contributed by atoms with E-state index >= 15 is 0 Å². The van der Waals surface area contributed by atoms with Crippen LogP contribution in [0.3, 0.4) is 0 Å². The lowest BCUT2D eigenvalue weighted by Crippen LogP contribution is -2.34. The zero-order valence-electron chi connectivity index (χ0n) is 17.1. The minimum atomic E-state index is -3.64. The molecule has 1 N–H and O–H groups in total. The van der Waals surface area contributed by atoms with E-state index in [2.05, 4.69) is 4.72 Å². The molecule has 1 atom stereocenters. The normalized spacial score (nSPS) is 17.0. The van der Waals surface area contributed by atoms with Gasteiger partial charge in [0.1, 0.15) is 5.01 Å². The van der Waals surface area contributed by atoms with Crippen LogP contribution in [0.5, 0.6) is 0 Å². The lowest BCUT2D eigenvalue weighted by molar-refractivity contribution is -0.131. The van der Waals surface area contributed by atoms with Crippen molar-refractivity contribution < 1.29 is 13.2 Å². The van der Waals surface area contributed by atoms with Crippen LogP contribution in [0.2, 0.25) is 0 Å². The first-order valence-corrected chi connectivity index (χ1v) is 12.4. The molecule has 1 amide bonds. The van der Waals surface area contributed by atoms with Crippen molar-refractivity contribution in [3.63, 3.8) is 0 Å². The van der Waals surface area contributed by atoms with Crippen molar-refractivity contribution in [2.45, 2.75) is 44.0 Å². The number of fused-ring (bicyclic) bond motifs is 1. The molecule has 1 aliphatic heterocycles. The Hall–Kier alpha value is -2.29.